The SMILES string of the molecule is C=C1/C=C\C=C/Cc2ccccc2C=C1c1cc2c(-c3cc4ccccc4c4ccccc34)cc(-c3ccc(-c4ccncc4)cc3)nc2c2ccccc12. The summed E-state index contributed by atoms with van der Waals surface area (Å²) >= 11 is 0. The minimum Gasteiger partial charge on any atom is -0.265 e. The summed E-state index contributed by atoms with van der Waals surface area (Å²) in [5, 5.41) is 8.28. The molecule has 10 rings (SSSR count). The van der Waals surface area contributed by atoms with Crippen LogP contribution in [-0.4, -0.2) is 9.97 Å². The summed E-state index contributed by atoms with van der Waals surface area (Å²) in [7, 11) is 0. The maximum atomic E-state index is 5.53. The van der Waals surface area contributed by atoms with Crippen LogP contribution in [0.2, 0.25) is 0 Å². The molecule has 0 fully saturated rings. The third-order valence-electron chi connectivity index (χ3n) is 10.9. The van der Waals surface area contributed by atoms with Crippen molar-refractivity contribution in [3.63, 3.8) is 0 Å². The lowest BCUT2D eigenvalue weighted by Gasteiger charge is -2.19. The Hall–Kier alpha value is -7.16. The molecule has 258 valence electrons. The van der Waals surface area contributed by atoms with Crippen molar-refractivity contribution < 1.29 is 0 Å². The zero-order valence-electron chi connectivity index (χ0n) is 30.3. The minimum atomic E-state index is 0.866. The monoisotopic (exact) mass is 700 g/mol. The zero-order valence-corrected chi connectivity index (χ0v) is 30.3. The van der Waals surface area contributed by atoms with Crippen LogP contribution in [0.1, 0.15) is 16.7 Å². The van der Waals surface area contributed by atoms with Gasteiger partial charge in [0.1, 0.15) is 0 Å². The van der Waals surface area contributed by atoms with Crippen molar-refractivity contribution in [2.45, 2.75) is 6.42 Å². The molecule has 1 aliphatic rings. The molecule has 2 nitrogen and oxygen atoms in total. The Labute approximate surface area is 320 Å². The number of aromatic nitrogens is 2. The Morgan fingerprint density at radius 2 is 1.13 bits per heavy atom. The van der Waals surface area contributed by atoms with Crippen molar-refractivity contribution in [3.8, 4) is 33.5 Å². The van der Waals surface area contributed by atoms with Gasteiger partial charge in [-0.25, -0.2) is 4.98 Å². The van der Waals surface area contributed by atoms with Gasteiger partial charge in [-0.05, 0) is 120 Å². The lowest BCUT2D eigenvalue weighted by atomic mass is 9.86. The molecule has 0 spiro atoms. The number of fused-ring (bicyclic) bond motifs is 7. The maximum absolute atomic E-state index is 5.53. The zero-order chi connectivity index (χ0) is 36.7. The average molecular weight is 701 g/mol. The average Bonchev–Trinajstić information content (AvgIpc) is 3.25. The number of hydrogen-bond donors (Lipinski definition) is 0. The topological polar surface area (TPSA) is 25.8 Å². The van der Waals surface area contributed by atoms with Gasteiger partial charge in [0.15, 0.2) is 0 Å². The molecule has 0 aliphatic heterocycles. The van der Waals surface area contributed by atoms with E-state index in [0.29, 0.717) is 0 Å². The Morgan fingerprint density at radius 1 is 0.491 bits per heavy atom. The van der Waals surface area contributed by atoms with Crippen LogP contribution in [0.3, 0.4) is 0 Å². The molecular formula is C53H36N2. The summed E-state index contributed by atoms with van der Waals surface area (Å²) in [6.07, 6.45) is 15.4. The molecule has 1 aliphatic carbocycles. The summed E-state index contributed by atoms with van der Waals surface area (Å²) in [6.45, 7) is 4.64. The normalized spacial score (nSPS) is 14.2. The van der Waals surface area contributed by atoms with E-state index in [1.54, 1.807) is 0 Å². The maximum Gasteiger partial charge on any atom is 0.0794 e. The molecule has 2 heteroatoms. The summed E-state index contributed by atoms with van der Waals surface area (Å²) in [5.74, 6) is 0. The van der Waals surface area contributed by atoms with E-state index < -0.39 is 0 Å². The molecule has 0 saturated heterocycles. The predicted molar refractivity (Wildman–Crippen MR) is 234 cm³/mol. The number of benzene rings is 7. The fourth-order valence-electron chi connectivity index (χ4n) is 8.20. The van der Waals surface area contributed by atoms with Crippen LogP contribution in [0.4, 0.5) is 0 Å². The van der Waals surface area contributed by atoms with Gasteiger partial charge in [-0.15, -0.1) is 0 Å². The van der Waals surface area contributed by atoms with Gasteiger partial charge in [-0.3, -0.25) is 4.98 Å². The van der Waals surface area contributed by atoms with E-state index in [9.17, 15) is 0 Å². The standard InChI is InChI=1S/C53H36N2/c1-35-13-3-2-4-14-36-15-5-6-16-40(36)31-47(35)49-33-51-50(48-32-41-17-7-8-18-42(41)43-19-9-10-20-44(43)48)34-52(55-53(51)46-22-12-11-21-45(46)49)39-25-23-37(24-26-39)38-27-29-54-30-28-38/h2-13,15-34H,1,14H2/b4-2-,13-3-,47-31?. The van der Waals surface area contributed by atoms with E-state index in [0.717, 1.165) is 72.8 Å². The van der Waals surface area contributed by atoms with Crippen LogP contribution in [0.25, 0.3) is 88.4 Å². The number of hydrogen-bond acceptors (Lipinski definition) is 2. The molecule has 0 bridgehead atoms. The molecule has 9 aromatic rings. The summed E-state index contributed by atoms with van der Waals surface area (Å²) in [4.78, 5) is 9.74. The first-order chi connectivity index (χ1) is 27.2. The molecule has 55 heavy (non-hydrogen) atoms. The number of pyridine rings is 2. The first kappa shape index (κ1) is 32.5. The summed E-state index contributed by atoms with van der Waals surface area (Å²) in [5.41, 5.74) is 13.3. The highest BCUT2D eigenvalue weighted by atomic mass is 14.7. The predicted octanol–water partition coefficient (Wildman–Crippen LogP) is 13.9. The van der Waals surface area contributed by atoms with Gasteiger partial charge >= 0.3 is 0 Å². The van der Waals surface area contributed by atoms with E-state index in [1.165, 1.54) is 38.2 Å². The van der Waals surface area contributed by atoms with Gasteiger partial charge in [-0.2, -0.15) is 0 Å². The van der Waals surface area contributed by atoms with Crippen molar-refractivity contribution in [3.05, 3.63) is 217 Å². The van der Waals surface area contributed by atoms with Gasteiger partial charge in [-0.1, -0.05) is 152 Å². The molecular weight excluding hydrogens is 665 g/mol. The van der Waals surface area contributed by atoms with Gasteiger partial charge in [0.05, 0.1) is 11.2 Å². The van der Waals surface area contributed by atoms with Gasteiger partial charge in [0, 0.05) is 28.7 Å². The Balaban J connectivity index is 1.30. The highest BCUT2D eigenvalue weighted by Crippen LogP contribution is 2.44. The lowest BCUT2D eigenvalue weighted by molar-refractivity contribution is 1.26. The number of rotatable bonds is 4. The van der Waals surface area contributed by atoms with Crippen molar-refractivity contribution in [2.75, 3.05) is 0 Å². The van der Waals surface area contributed by atoms with Crippen LogP contribution in [-0.2, 0) is 6.42 Å². The van der Waals surface area contributed by atoms with Crippen LogP contribution < -0.4 is 0 Å². The Kier molecular flexibility index (Phi) is 8.08. The summed E-state index contributed by atoms with van der Waals surface area (Å²) < 4.78 is 0. The second-order valence-corrected chi connectivity index (χ2v) is 14.2. The molecule has 0 saturated carbocycles. The molecule has 0 radical (unpaired) electrons. The van der Waals surface area contributed by atoms with E-state index in [-0.39, 0.29) is 0 Å². The molecule has 0 N–H and O–H groups in total. The first-order valence-corrected chi connectivity index (χ1v) is 18.8. The first-order valence-electron chi connectivity index (χ1n) is 18.8. The smallest absolute Gasteiger partial charge is 0.0794 e. The van der Waals surface area contributed by atoms with Crippen molar-refractivity contribution in [1.29, 1.82) is 0 Å². The Morgan fingerprint density at radius 3 is 1.95 bits per heavy atom. The van der Waals surface area contributed by atoms with Gasteiger partial charge < -0.3 is 0 Å². The van der Waals surface area contributed by atoms with Crippen LogP contribution in [0.15, 0.2) is 201 Å². The number of nitrogens with zero attached hydrogens (tertiary/aromatic N) is 2. The molecule has 2 aromatic heterocycles. The molecule has 2 heterocycles. The van der Waals surface area contributed by atoms with E-state index in [2.05, 4.69) is 181 Å². The third-order valence-corrected chi connectivity index (χ3v) is 10.9. The van der Waals surface area contributed by atoms with E-state index in [1.807, 2.05) is 24.5 Å². The second-order valence-electron chi connectivity index (χ2n) is 14.2. The fourth-order valence-corrected chi connectivity index (χ4v) is 8.20. The highest BCUT2D eigenvalue weighted by Gasteiger charge is 2.20. The van der Waals surface area contributed by atoms with Crippen molar-refractivity contribution >= 4 is 54.9 Å². The van der Waals surface area contributed by atoms with Crippen molar-refractivity contribution in [1.82, 2.24) is 9.97 Å². The Bertz CT molecular complexity index is 3050. The quantitative estimate of drug-likeness (QED) is 0.171. The molecule has 0 unspecified atom stereocenters. The highest BCUT2D eigenvalue weighted by molar-refractivity contribution is 6.20. The largest absolute Gasteiger partial charge is 0.265 e. The summed E-state index contributed by atoms with van der Waals surface area (Å²) in [6, 6.07) is 54.8. The minimum absolute atomic E-state index is 0.866. The van der Waals surface area contributed by atoms with Gasteiger partial charge in [0.25, 0.3) is 0 Å². The molecule has 0 amide bonds. The van der Waals surface area contributed by atoms with Crippen LogP contribution >= 0.6 is 0 Å². The third kappa shape index (κ3) is 5.85. The van der Waals surface area contributed by atoms with Gasteiger partial charge in [0.2, 0.25) is 0 Å². The molecule has 0 atom stereocenters. The van der Waals surface area contributed by atoms with Crippen molar-refractivity contribution in [2.24, 2.45) is 0 Å². The lowest BCUT2D eigenvalue weighted by Crippen LogP contribution is -1.97. The fraction of sp³-hybridized carbons (Fsp3) is 0.0189. The number of allylic oxidation sites excluding steroid dienone is 6. The van der Waals surface area contributed by atoms with E-state index >= 15 is 0 Å². The second kappa shape index (κ2) is 13.7. The molecule has 7 aromatic carbocycles. The van der Waals surface area contributed by atoms with Crippen LogP contribution in [0, 0.1) is 0 Å². The van der Waals surface area contributed by atoms with Crippen LogP contribution in [0.5, 0.6) is 0 Å². The van der Waals surface area contributed by atoms with E-state index in [4.69, 9.17) is 4.98 Å².